The van der Waals surface area contributed by atoms with Gasteiger partial charge in [0, 0.05) is 0 Å². The van der Waals surface area contributed by atoms with Gasteiger partial charge in [-0.15, -0.1) is 0 Å². The molecule has 0 rings (SSSR count). The van der Waals surface area contributed by atoms with Crippen LogP contribution in [0.3, 0.4) is 0 Å². The first-order valence-corrected chi connectivity index (χ1v) is 31.6. The van der Waals surface area contributed by atoms with Crippen LogP contribution in [0.2, 0.25) is 0 Å². The Labute approximate surface area is 552 Å². The summed E-state index contributed by atoms with van der Waals surface area (Å²) in [6.45, 7) is 21.7. The number of rotatable bonds is 75. The van der Waals surface area contributed by atoms with Gasteiger partial charge in [0.15, 0.2) is 0 Å². The third-order valence-corrected chi connectivity index (χ3v) is 9.15. The molecule has 0 aliphatic carbocycles. The van der Waals surface area contributed by atoms with Crippen molar-refractivity contribution in [2.75, 3.05) is 383 Å². The van der Waals surface area contributed by atoms with Crippen LogP contribution in [0.5, 0.6) is 0 Å². The second-order valence-corrected chi connectivity index (χ2v) is 16.8. The Morgan fingerprint density at radius 1 is 0.0753 bits per heavy atom. The fourth-order valence-electron chi connectivity index (χ4n) is 5.13. The summed E-state index contributed by atoms with van der Waals surface area (Å²) in [5, 5.41) is 101. The van der Waals surface area contributed by atoms with Crippen LogP contribution in [-0.2, 0) is 109 Å². The molecule has 35 heteroatoms. The van der Waals surface area contributed by atoms with E-state index in [1.807, 2.05) is 0 Å². The van der Waals surface area contributed by atoms with E-state index in [1.54, 1.807) is 0 Å². The van der Waals surface area contributed by atoms with Gasteiger partial charge in [-0.25, -0.2) is 0 Å². The summed E-state index contributed by atoms with van der Waals surface area (Å²) < 4.78 is 117. The molecule has 570 valence electrons. The third-order valence-electron chi connectivity index (χ3n) is 9.15. The molecule has 0 fully saturated rings. The molecule has 0 aromatic heterocycles. The van der Waals surface area contributed by atoms with E-state index >= 15 is 0 Å². The lowest BCUT2D eigenvalue weighted by atomic mass is 10.7. The second kappa shape index (κ2) is 115. The van der Waals surface area contributed by atoms with Crippen molar-refractivity contribution in [3.8, 4) is 0 Å². The van der Waals surface area contributed by atoms with E-state index in [9.17, 15) is 0 Å². The Hall–Kier alpha value is -1.40. The predicted molar refractivity (Wildman–Crippen MR) is 334 cm³/mol. The normalized spacial score (nSPS) is 10.8. The second-order valence-electron chi connectivity index (χ2n) is 16.8. The average molecular weight is 1390 g/mol. The van der Waals surface area contributed by atoms with Gasteiger partial charge in [-0.2, -0.15) is 0 Å². The van der Waals surface area contributed by atoms with Crippen molar-refractivity contribution in [2.24, 2.45) is 0 Å². The molecule has 35 nitrogen and oxygen atoms in total. The van der Waals surface area contributed by atoms with E-state index in [0.717, 1.165) is 0 Å². The Morgan fingerprint density at radius 3 is 0.161 bits per heavy atom. The SMILES string of the molecule is OCCOCCOCCOCCO.OCCOCCOCCOCCOCCO.OCCOCCOCCOCCOCCO.OCCOCCOCCOCCOCCO.OCCOCCOCCOCCOCCO.OCCOCCOCCOCCOCCO. The third kappa shape index (κ3) is 131. The van der Waals surface area contributed by atoms with E-state index in [4.69, 9.17) is 170 Å². The van der Waals surface area contributed by atoms with Gasteiger partial charge in [-0.05, 0) is 0 Å². The van der Waals surface area contributed by atoms with Crippen molar-refractivity contribution in [3.05, 3.63) is 0 Å². The molecule has 0 aromatic carbocycles. The highest BCUT2D eigenvalue weighted by Crippen LogP contribution is 1.88. The molecule has 0 unspecified atom stereocenters. The van der Waals surface area contributed by atoms with Crippen LogP contribution in [0.1, 0.15) is 0 Å². The number of ether oxygens (including phenoxy) is 23. The van der Waals surface area contributed by atoms with Gasteiger partial charge in [0.05, 0.1) is 383 Å². The van der Waals surface area contributed by atoms with E-state index in [-0.39, 0.29) is 79.3 Å². The zero-order valence-corrected chi connectivity index (χ0v) is 55.8. The highest BCUT2D eigenvalue weighted by molar-refractivity contribution is 4.41. The van der Waals surface area contributed by atoms with Gasteiger partial charge >= 0.3 is 0 Å². The monoisotopic (exact) mass is 1380 g/mol. The summed E-state index contributed by atoms with van der Waals surface area (Å²) in [7, 11) is 0. The predicted octanol–water partition coefficient (Wildman–Crippen LogP) is -5.79. The van der Waals surface area contributed by atoms with Crippen molar-refractivity contribution in [1.82, 2.24) is 0 Å². The highest BCUT2D eigenvalue weighted by atomic mass is 16.6. The van der Waals surface area contributed by atoms with Crippen LogP contribution in [0.25, 0.3) is 0 Å². The number of aliphatic hydroxyl groups is 12. The quantitative estimate of drug-likeness (QED) is 0.0252. The van der Waals surface area contributed by atoms with Crippen molar-refractivity contribution in [2.45, 2.75) is 0 Å². The van der Waals surface area contributed by atoms with Crippen LogP contribution >= 0.6 is 0 Å². The Bertz CT molecular complexity index is 873. The lowest BCUT2D eigenvalue weighted by Gasteiger charge is -2.06. The van der Waals surface area contributed by atoms with E-state index in [1.165, 1.54) is 0 Å². The maximum absolute atomic E-state index is 8.41. The molecule has 0 amide bonds. The summed E-state index contributed by atoms with van der Waals surface area (Å²) in [6.07, 6.45) is 0. The molecule has 12 N–H and O–H groups in total. The standard InChI is InChI=1S/5C10H22O6.C8H18O5/c5*11-1-3-13-5-7-15-9-10-16-8-6-14-4-2-12;9-1-3-11-5-7-13-8-6-12-4-2-10/h5*11-12H,1-10H2;9-10H,1-8H2. The fourth-order valence-corrected chi connectivity index (χ4v) is 5.13. The minimum atomic E-state index is 0.0386. The number of aliphatic hydroxyl groups excluding tert-OH is 12. The minimum Gasteiger partial charge on any atom is -0.394 e. The van der Waals surface area contributed by atoms with Crippen molar-refractivity contribution in [1.29, 1.82) is 0 Å². The van der Waals surface area contributed by atoms with E-state index in [2.05, 4.69) is 0 Å². The summed E-state index contributed by atoms with van der Waals surface area (Å²) in [4.78, 5) is 0. The molecule has 0 saturated heterocycles. The zero-order chi connectivity index (χ0) is 69.3. The van der Waals surface area contributed by atoms with Crippen LogP contribution in [0, 0.1) is 0 Å². The van der Waals surface area contributed by atoms with Gasteiger partial charge in [0.1, 0.15) is 0 Å². The largest absolute Gasteiger partial charge is 0.394 e. The first kappa shape index (κ1) is 103. The first-order chi connectivity index (χ1) is 46.0. The van der Waals surface area contributed by atoms with Gasteiger partial charge in [0.2, 0.25) is 0 Å². The van der Waals surface area contributed by atoms with Crippen LogP contribution < -0.4 is 0 Å². The summed E-state index contributed by atoms with van der Waals surface area (Å²) in [6, 6.07) is 0. The van der Waals surface area contributed by atoms with Crippen molar-refractivity contribution < 1.29 is 170 Å². The molecule has 0 atom stereocenters. The van der Waals surface area contributed by atoms with Crippen molar-refractivity contribution >= 4 is 0 Å². The Kier molecular flexibility index (Phi) is 127. The molecule has 0 saturated carbocycles. The first-order valence-electron chi connectivity index (χ1n) is 31.6. The average Bonchev–Trinajstić information content (AvgIpc) is 3.58. The molecule has 0 aliphatic rings. The molecule has 93 heavy (non-hydrogen) atoms. The summed E-state index contributed by atoms with van der Waals surface area (Å²) in [5.41, 5.74) is 0. The van der Waals surface area contributed by atoms with Crippen LogP contribution in [-0.4, -0.2) is 444 Å². The molecular weight excluding hydrogens is 1260 g/mol. The van der Waals surface area contributed by atoms with Crippen LogP contribution in [0.4, 0.5) is 0 Å². The number of hydrogen-bond donors (Lipinski definition) is 12. The molecule has 0 aliphatic heterocycles. The smallest absolute Gasteiger partial charge is 0.0701 e. The summed E-state index contributed by atoms with van der Waals surface area (Å²) >= 11 is 0. The lowest BCUT2D eigenvalue weighted by Crippen LogP contribution is -2.13. The van der Waals surface area contributed by atoms with Gasteiger partial charge < -0.3 is 170 Å². The van der Waals surface area contributed by atoms with Gasteiger partial charge in [-0.3, -0.25) is 0 Å². The summed E-state index contributed by atoms with van der Waals surface area (Å²) in [5.74, 6) is 0. The lowest BCUT2D eigenvalue weighted by molar-refractivity contribution is -0.00856. The van der Waals surface area contributed by atoms with E-state index in [0.29, 0.717) is 304 Å². The Morgan fingerprint density at radius 2 is 0.118 bits per heavy atom. The van der Waals surface area contributed by atoms with E-state index < -0.39 is 0 Å². The molecule has 0 bridgehead atoms. The Balaban J connectivity index is -0.000000244. The topological polar surface area (TPSA) is 455 Å². The molecule has 0 radical (unpaired) electrons. The van der Waals surface area contributed by atoms with Crippen molar-refractivity contribution in [3.63, 3.8) is 0 Å². The van der Waals surface area contributed by atoms with Gasteiger partial charge in [0.25, 0.3) is 0 Å². The maximum atomic E-state index is 8.41. The zero-order valence-electron chi connectivity index (χ0n) is 55.8. The molecular formula is C58H128O35. The fraction of sp³-hybridized carbons (Fsp3) is 1.00. The highest BCUT2D eigenvalue weighted by Gasteiger charge is 1.98. The molecule has 0 aromatic rings. The molecule has 0 heterocycles. The number of hydrogen-bond acceptors (Lipinski definition) is 35. The minimum absolute atomic E-state index is 0.0386. The van der Waals surface area contributed by atoms with Crippen LogP contribution in [0.15, 0.2) is 0 Å². The maximum Gasteiger partial charge on any atom is 0.0701 e. The molecule has 0 spiro atoms. The van der Waals surface area contributed by atoms with Gasteiger partial charge in [-0.1, -0.05) is 0 Å².